The maximum atomic E-state index is 10.1. The van der Waals surface area contributed by atoms with Gasteiger partial charge in [0.1, 0.15) is 0 Å². The van der Waals surface area contributed by atoms with E-state index in [2.05, 4.69) is 11.8 Å². The summed E-state index contributed by atoms with van der Waals surface area (Å²) in [6.45, 7) is 0. The molecule has 0 spiro atoms. The van der Waals surface area contributed by atoms with Crippen LogP contribution in [0.15, 0.2) is 0 Å². The molecule has 0 saturated carbocycles. The average Bonchev–Trinajstić information content (AvgIpc) is 1.86. The molecule has 1 aliphatic rings. The van der Waals surface area contributed by atoms with E-state index < -0.39 is 0 Å². The van der Waals surface area contributed by atoms with E-state index in [1.54, 1.807) is 0 Å². The van der Waals surface area contributed by atoms with Crippen LogP contribution in [0, 0.1) is 11.8 Å². The molecule has 0 amide bonds. The van der Waals surface area contributed by atoms with Crippen LogP contribution in [-0.4, -0.2) is 5.78 Å². The number of carbonyl (C=O) groups is 1. The summed E-state index contributed by atoms with van der Waals surface area (Å²) in [4.78, 5) is 10.1. The molecule has 0 aliphatic heterocycles. The largest absolute Gasteiger partial charge is 0.298 e. The first-order chi connectivity index (χ1) is 2.89. The Labute approximate surface area is 36.4 Å². The minimum atomic E-state index is 0.231. The Hall–Kier alpha value is -0.770. The van der Waals surface area contributed by atoms with Crippen LogP contribution < -0.4 is 0 Å². The molecule has 0 unspecified atom stereocenters. The topological polar surface area (TPSA) is 17.1 Å². The monoisotopic (exact) mass is 80.0 g/mol. The molecule has 0 fully saturated rings. The summed E-state index contributed by atoms with van der Waals surface area (Å²) < 4.78 is 0. The highest BCUT2D eigenvalue weighted by atomic mass is 16.1. The van der Waals surface area contributed by atoms with Crippen LogP contribution in [0.2, 0.25) is 0 Å². The van der Waals surface area contributed by atoms with Gasteiger partial charge in [-0.15, -0.1) is 0 Å². The number of Topliss-reactive ketones (excluding diaryl/α,β-unsaturated/α-hetero) is 1. The van der Waals surface area contributed by atoms with Crippen molar-refractivity contribution in [3.63, 3.8) is 0 Å². The summed E-state index contributed by atoms with van der Waals surface area (Å²) in [5.41, 5.74) is 0. The van der Waals surface area contributed by atoms with Crippen LogP contribution in [0.3, 0.4) is 0 Å². The van der Waals surface area contributed by atoms with Crippen LogP contribution in [0.4, 0.5) is 0 Å². The molecular formula is C5H4O. The van der Waals surface area contributed by atoms with Gasteiger partial charge in [-0.1, -0.05) is 11.8 Å². The highest BCUT2D eigenvalue weighted by Gasteiger charge is 1.98. The zero-order valence-electron chi connectivity index (χ0n) is 3.32. The zero-order chi connectivity index (χ0) is 4.41. The molecule has 0 heterocycles. The van der Waals surface area contributed by atoms with Crippen molar-refractivity contribution in [2.75, 3.05) is 0 Å². The third kappa shape index (κ3) is 0.414. The van der Waals surface area contributed by atoms with Gasteiger partial charge in [-0.3, -0.25) is 4.79 Å². The van der Waals surface area contributed by atoms with Crippen LogP contribution >= 0.6 is 0 Å². The van der Waals surface area contributed by atoms with E-state index in [0.29, 0.717) is 12.8 Å². The van der Waals surface area contributed by atoms with E-state index in [4.69, 9.17) is 0 Å². The van der Waals surface area contributed by atoms with E-state index >= 15 is 0 Å². The molecule has 0 bridgehead atoms. The lowest BCUT2D eigenvalue weighted by molar-refractivity contribution is -0.116. The Balaban J connectivity index is 2.58. The summed E-state index contributed by atoms with van der Waals surface area (Å²) in [7, 11) is 0. The van der Waals surface area contributed by atoms with E-state index in [1.807, 2.05) is 0 Å². The second-order valence-corrected chi connectivity index (χ2v) is 1.25. The second kappa shape index (κ2) is 1.14. The fourth-order valence-corrected chi connectivity index (χ4v) is 0.385. The minimum Gasteiger partial charge on any atom is -0.298 e. The molecule has 0 radical (unpaired) electrons. The summed E-state index contributed by atoms with van der Waals surface area (Å²) in [6.07, 6.45) is 0.972. The van der Waals surface area contributed by atoms with E-state index in [0.717, 1.165) is 0 Å². The van der Waals surface area contributed by atoms with Crippen LogP contribution in [-0.2, 0) is 4.79 Å². The molecule has 1 rings (SSSR count). The first kappa shape index (κ1) is 3.42. The lowest BCUT2D eigenvalue weighted by atomic mass is 10.3. The molecule has 6 heavy (non-hydrogen) atoms. The summed E-state index contributed by atoms with van der Waals surface area (Å²) in [5, 5.41) is 0. The van der Waals surface area contributed by atoms with Crippen molar-refractivity contribution in [3.05, 3.63) is 0 Å². The van der Waals surface area contributed by atoms with Gasteiger partial charge in [0.05, 0.1) is 12.8 Å². The number of carbonyl (C=O) groups excluding carboxylic acids is 1. The van der Waals surface area contributed by atoms with Gasteiger partial charge < -0.3 is 0 Å². The number of hydrogen-bond acceptors (Lipinski definition) is 1. The normalized spacial score (nSPS) is 17.0. The Morgan fingerprint density at radius 3 is 2.00 bits per heavy atom. The molecule has 0 aromatic carbocycles. The van der Waals surface area contributed by atoms with Gasteiger partial charge in [0.15, 0.2) is 5.78 Å². The minimum absolute atomic E-state index is 0.231. The third-order valence-electron chi connectivity index (χ3n) is 0.696. The molecule has 0 saturated heterocycles. The van der Waals surface area contributed by atoms with Gasteiger partial charge in [-0.2, -0.15) is 0 Å². The van der Waals surface area contributed by atoms with Gasteiger partial charge in [-0.25, -0.2) is 0 Å². The Morgan fingerprint density at radius 2 is 1.83 bits per heavy atom. The SMILES string of the molecule is O=C1CC#CC1. The van der Waals surface area contributed by atoms with E-state index in [9.17, 15) is 4.79 Å². The quantitative estimate of drug-likeness (QED) is 0.384. The van der Waals surface area contributed by atoms with Crippen molar-refractivity contribution in [2.45, 2.75) is 12.8 Å². The van der Waals surface area contributed by atoms with Gasteiger partial charge in [0.2, 0.25) is 0 Å². The van der Waals surface area contributed by atoms with Gasteiger partial charge >= 0.3 is 0 Å². The molecule has 0 aromatic rings. The van der Waals surface area contributed by atoms with Crippen molar-refractivity contribution in [2.24, 2.45) is 0 Å². The Morgan fingerprint density at radius 1 is 1.33 bits per heavy atom. The molecule has 0 atom stereocenters. The van der Waals surface area contributed by atoms with Gasteiger partial charge in [0, 0.05) is 0 Å². The maximum absolute atomic E-state index is 10.1. The molecule has 1 nitrogen and oxygen atoms in total. The molecule has 30 valence electrons. The van der Waals surface area contributed by atoms with Crippen molar-refractivity contribution >= 4 is 5.78 Å². The maximum Gasteiger partial charge on any atom is 0.156 e. The molecule has 1 heteroatoms. The highest BCUT2D eigenvalue weighted by Crippen LogP contribution is 1.92. The van der Waals surface area contributed by atoms with Crippen molar-refractivity contribution in [3.8, 4) is 11.8 Å². The van der Waals surface area contributed by atoms with Crippen molar-refractivity contribution in [1.29, 1.82) is 0 Å². The first-order valence-corrected chi connectivity index (χ1v) is 1.87. The van der Waals surface area contributed by atoms with Crippen molar-refractivity contribution < 1.29 is 4.79 Å². The number of rotatable bonds is 0. The van der Waals surface area contributed by atoms with E-state index in [1.165, 1.54) is 0 Å². The van der Waals surface area contributed by atoms with Crippen LogP contribution in [0.1, 0.15) is 12.8 Å². The Kier molecular flexibility index (Phi) is 0.648. The van der Waals surface area contributed by atoms with Gasteiger partial charge in [-0.05, 0) is 0 Å². The first-order valence-electron chi connectivity index (χ1n) is 1.87. The van der Waals surface area contributed by atoms with Crippen LogP contribution in [0.5, 0.6) is 0 Å². The summed E-state index contributed by atoms with van der Waals surface area (Å²) in [6, 6.07) is 0. The van der Waals surface area contributed by atoms with Gasteiger partial charge in [0.25, 0.3) is 0 Å². The fraction of sp³-hybridized carbons (Fsp3) is 0.400. The molecule has 0 N–H and O–H groups in total. The molecule has 0 aromatic heterocycles. The third-order valence-corrected chi connectivity index (χ3v) is 0.696. The predicted molar refractivity (Wildman–Crippen MR) is 22.0 cm³/mol. The fourth-order valence-electron chi connectivity index (χ4n) is 0.385. The lowest BCUT2D eigenvalue weighted by Crippen LogP contribution is -1.84. The zero-order valence-corrected chi connectivity index (χ0v) is 3.32. The smallest absolute Gasteiger partial charge is 0.156 e. The summed E-state index contributed by atoms with van der Waals surface area (Å²) in [5.74, 6) is 5.58. The summed E-state index contributed by atoms with van der Waals surface area (Å²) >= 11 is 0. The lowest BCUT2D eigenvalue weighted by Gasteiger charge is -1.71. The standard InChI is InChI=1S/C5H4O/c6-5-3-1-2-4-5/h3-4H2. The van der Waals surface area contributed by atoms with E-state index in [-0.39, 0.29) is 5.78 Å². The second-order valence-electron chi connectivity index (χ2n) is 1.25. The number of hydrogen-bond donors (Lipinski definition) is 0. The average molecular weight is 80.1 g/mol. The predicted octanol–water partition coefficient (Wildman–Crippen LogP) is 0.353. The molecular weight excluding hydrogens is 76.1 g/mol. The Bertz CT molecular complexity index is 113. The highest BCUT2D eigenvalue weighted by molar-refractivity contribution is 5.85. The molecule has 1 aliphatic carbocycles. The van der Waals surface area contributed by atoms with Crippen LogP contribution in [0.25, 0.3) is 0 Å². The van der Waals surface area contributed by atoms with Crippen molar-refractivity contribution in [1.82, 2.24) is 0 Å². The number of ketones is 1.